The minimum absolute atomic E-state index is 0.0510. The number of fused-ring (bicyclic) bond motifs is 1. The van der Waals surface area contributed by atoms with Crippen LogP contribution in [0.25, 0.3) is 11.0 Å². The number of imidazole rings is 1. The Kier molecular flexibility index (Phi) is 5.85. The predicted molar refractivity (Wildman–Crippen MR) is 95.8 cm³/mol. The highest BCUT2D eigenvalue weighted by Gasteiger charge is 2.11. The molecule has 1 amide bonds. The molecule has 0 fully saturated rings. The van der Waals surface area contributed by atoms with Gasteiger partial charge in [-0.25, -0.2) is 13.8 Å². The molecule has 0 radical (unpaired) electrons. The summed E-state index contributed by atoms with van der Waals surface area (Å²) in [6, 6.07) is 9.23. The Labute approximate surface area is 154 Å². The lowest BCUT2D eigenvalue weighted by atomic mass is 10.3. The zero-order chi connectivity index (χ0) is 19.2. The summed E-state index contributed by atoms with van der Waals surface area (Å²) in [5.41, 5.74) is 0.648. The van der Waals surface area contributed by atoms with E-state index < -0.39 is 11.6 Å². The summed E-state index contributed by atoms with van der Waals surface area (Å²) >= 11 is 0. The number of hydrogen-bond acceptors (Lipinski definition) is 4. The van der Waals surface area contributed by atoms with Gasteiger partial charge in [0.1, 0.15) is 24.7 Å². The van der Waals surface area contributed by atoms with Gasteiger partial charge in [-0.1, -0.05) is 0 Å². The van der Waals surface area contributed by atoms with Crippen LogP contribution in [0.1, 0.15) is 6.92 Å². The van der Waals surface area contributed by atoms with Crippen molar-refractivity contribution < 1.29 is 23.0 Å². The average Bonchev–Trinajstić information content (AvgIpc) is 3.02. The van der Waals surface area contributed by atoms with E-state index in [1.165, 1.54) is 10.9 Å². The van der Waals surface area contributed by atoms with Crippen molar-refractivity contribution in [2.24, 2.45) is 0 Å². The van der Waals surface area contributed by atoms with Gasteiger partial charge in [-0.15, -0.1) is 0 Å². The molecular formula is C19H19F2N3O3. The van der Waals surface area contributed by atoms with E-state index in [0.717, 1.165) is 17.9 Å². The quantitative estimate of drug-likeness (QED) is 0.615. The maximum atomic E-state index is 13.4. The maximum Gasteiger partial charge on any atom is 0.240 e. The first-order chi connectivity index (χ1) is 13.1. The van der Waals surface area contributed by atoms with Crippen LogP contribution in [0.4, 0.5) is 8.78 Å². The van der Waals surface area contributed by atoms with Gasteiger partial charge in [-0.2, -0.15) is 0 Å². The van der Waals surface area contributed by atoms with Crippen molar-refractivity contribution in [2.75, 3.05) is 19.8 Å². The Morgan fingerprint density at radius 3 is 2.48 bits per heavy atom. The van der Waals surface area contributed by atoms with Gasteiger partial charge < -0.3 is 19.4 Å². The van der Waals surface area contributed by atoms with E-state index in [9.17, 15) is 13.6 Å². The summed E-state index contributed by atoms with van der Waals surface area (Å²) in [5.74, 6) is -0.792. The molecule has 1 N–H and O–H groups in total. The van der Waals surface area contributed by atoms with Gasteiger partial charge in [0.25, 0.3) is 0 Å². The summed E-state index contributed by atoms with van der Waals surface area (Å²) in [4.78, 5) is 16.0. The first-order valence-electron chi connectivity index (χ1n) is 8.49. The highest BCUT2D eigenvalue weighted by atomic mass is 19.2. The van der Waals surface area contributed by atoms with Gasteiger partial charge in [0, 0.05) is 12.1 Å². The molecule has 142 valence electrons. The number of nitrogens with one attached hydrogen (secondary N) is 1. The number of carbonyl (C=O) groups excluding carboxylic acids is 1. The van der Waals surface area contributed by atoms with E-state index in [1.54, 1.807) is 12.1 Å². The lowest BCUT2D eigenvalue weighted by Gasteiger charge is -2.09. The molecule has 0 saturated heterocycles. The molecule has 27 heavy (non-hydrogen) atoms. The van der Waals surface area contributed by atoms with E-state index >= 15 is 0 Å². The Balaban J connectivity index is 1.47. The van der Waals surface area contributed by atoms with Crippen molar-refractivity contribution in [3.63, 3.8) is 0 Å². The zero-order valence-corrected chi connectivity index (χ0v) is 14.7. The van der Waals surface area contributed by atoms with Gasteiger partial charge >= 0.3 is 0 Å². The predicted octanol–water partition coefficient (Wildman–Crippen LogP) is 2.91. The van der Waals surface area contributed by atoms with E-state index in [4.69, 9.17) is 9.47 Å². The molecule has 0 aliphatic carbocycles. The number of benzene rings is 2. The van der Waals surface area contributed by atoms with Crippen molar-refractivity contribution in [2.45, 2.75) is 13.5 Å². The van der Waals surface area contributed by atoms with E-state index in [2.05, 4.69) is 10.3 Å². The highest BCUT2D eigenvalue weighted by molar-refractivity contribution is 5.80. The third-order valence-corrected chi connectivity index (χ3v) is 3.80. The molecule has 0 spiro atoms. The third kappa shape index (κ3) is 4.72. The largest absolute Gasteiger partial charge is 0.494 e. The lowest BCUT2D eigenvalue weighted by molar-refractivity contribution is -0.121. The van der Waals surface area contributed by atoms with Crippen LogP contribution in [0.5, 0.6) is 11.5 Å². The SMILES string of the molecule is CCOc1ccc(OCCNC(=O)Cn2cnc3cc(F)c(F)cc32)cc1. The zero-order valence-electron chi connectivity index (χ0n) is 14.7. The van der Waals surface area contributed by atoms with E-state index in [-0.39, 0.29) is 12.5 Å². The van der Waals surface area contributed by atoms with Crippen LogP contribution in [0.2, 0.25) is 0 Å². The minimum Gasteiger partial charge on any atom is -0.494 e. The van der Waals surface area contributed by atoms with Gasteiger partial charge in [0.2, 0.25) is 5.91 Å². The van der Waals surface area contributed by atoms with Crippen molar-refractivity contribution >= 4 is 16.9 Å². The molecule has 0 aliphatic heterocycles. The van der Waals surface area contributed by atoms with Crippen LogP contribution in [-0.2, 0) is 11.3 Å². The number of ether oxygens (including phenoxy) is 2. The van der Waals surface area contributed by atoms with Crippen LogP contribution in [0.3, 0.4) is 0 Å². The van der Waals surface area contributed by atoms with E-state index in [0.29, 0.717) is 36.5 Å². The molecular weight excluding hydrogens is 356 g/mol. The Hall–Kier alpha value is -3.16. The molecule has 3 aromatic rings. The summed E-state index contributed by atoms with van der Waals surface area (Å²) in [5, 5.41) is 2.71. The molecule has 0 unspecified atom stereocenters. The normalized spacial score (nSPS) is 10.8. The second-order valence-electron chi connectivity index (χ2n) is 5.73. The van der Waals surface area contributed by atoms with Crippen molar-refractivity contribution in [1.29, 1.82) is 0 Å². The maximum absolute atomic E-state index is 13.4. The minimum atomic E-state index is -0.978. The third-order valence-electron chi connectivity index (χ3n) is 3.80. The number of hydrogen-bond donors (Lipinski definition) is 1. The summed E-state index contributed by atoms with van der Waals surface area (Å²) in [6.45, 7) is 3.06. The van der Waals surface area contributed by atoms with Crippen molar-refractivity contribution in [1.82, 2.24) is 14.9 Å². The molecule has 6 nitrogen and oxygen atoms in total. The molecule has 2 aromatic carbocycles. The summed E-state index contributed by atoms with van der Waals surface area (Å²) in [6.07, 6.45) is 1.37. The lowest BCUT2D eigenvalue weighted by Crippen LogP contribution is -2.31. The number of rotatable bonds is 8. The van der Waals surface area contributed by atoms with Gasteiger partial charge in [-0.3, -0.25) is 4.79 Å². The van der Waals surface area contributed by atoms with Crippen molar-refractivity contribution in [3.05, 3.63) is 54.4 Å². The van der Waals surface area contributed by atoms with Crippen molar-refractivity contribution in [3.8, 4) is 11.5 Å². The van der Waals surface area contributed by atoms with Crippen LogP contribution in [0.15, 0.2) is 42.7 Å². The van der Waals surface area contributed by atoms with E-state index in [1.807, 2.05) is 19.1 Å². The van der Waals surface area contributed by atoms with Crippen LogP contribution >= 0.6 is 0 Å². The van der Waals surface area contributed by atoms with Crippen LogP contribution in [0, 0.1) is 11.6 Å². The fourth-order valence-electron chi connectivity index (χ4n) is 2.55. The monoisotopic (exact) mass is 375 g/mol. The molecule has 1 heterocycles. The molecule has 0 aliphatic rings. The Bertz CT molecular complexity index is 926. The average molecular weight is 375 g/mol. The summed E-state index contributed by atoms with van der Waals surface area (Å²) in [7, 11) is 0. The van der Waals surface area contributed by atoms with Crippen LogP contribution < -0.4 is 14.8 Å². The molecule has 8 heteroatoms. The Morgan fingerprint density at radius 2 is 1.78 bits per heavy atom. The van der Waals surface area contributed by atoms with Gasteiger partial charge in [0.05, 0.1) is 30.5 Å². The standard InChI is InChI=1S/C19H19F2N3O3/c1-2-26-13-3-5-14(6-4-13)27-8-7-22-19(25)11-24-12-23-17-9-15(20)16(21)10-18(17)24/h3-6,9-10,12H,2,7-8,11H2,1H3,(H,22,25). The molecule has 1 aromatic heterocycles. The fourth-order valence-corrected chi connectivity index (χ4v) is 2.55. The number of halogens is 2. The fraction of sp³-hybridized carbons (Fsp3) is 0.263. The van der Waals surface area contributed by atoms with Crippen LogP contribution in [-0.4, -0.2) is 35.2 Å². The first kappa shape index (κ1) is 18.6. The number of aromatic nitrogens is 2. The second-order valence-corrected chi connectivity index (χ2v) is 5.73. The Morgan fingerprint density at radius 1 is 1.11 bits per heavy atom. The van der Waals surface area contributed by atoms with Gasteiger partial charge in [0.15, 0.2) is 11.6 Å². The number of nitrogens with zero attached hydrogens (tertiary/aromatic N) is 2. The summed E-state index contributed by atoms with van der Waals surface area (Å²) < 4.78 is 38.9. The number of amides is 1. The molecule has 3 rings (SSSR count). The molecule has 0 atom stereocenters. The molecule has 0 bridgehead atoms. The highest BCUT2D eigenvalue weighted by Crippen LogP contribution is 2.18. The smallest absolute Gasteiger partial charge is 0.240 e. The topological polar surface area (TPSA) is 65.4 Å². The second kappa shape index (κ2) is 8.48. The molecule has 0 saturated carbocycles. The first-order valence-corrected chi connectivity index (χ1v) is 8.49. The number of carbonyl (C=O) groups is 1. The van der Waals surface area contributed by atoms with Gasteiger partial charge in [-0.05, 0) is 31.2 Å².